The van der Waals surface area contributed by atoms with Crippen molar-refractivity contribution in [1.29, 1.82) is 0 Å². The van der Waals surface area contributed by atoms with Gasteiger partial charge in [0.2, 0.25) is 0 Å². The van der Waals surface area contributed by atoms with Crippen LogP contribution in [0, 0.1) is 5.82 Å². The molecule has 0 unspecified atom stereocenters. The van der Waals surface area contributed by atoms with E-state index in [0.29, 0.717) is 17.4 Å². The lowest BCUT2D eigenvalue weighted by molar-refractivity contribution is -0.139. The molecule has 2 aromatic rings. The third-order valence-corrected chi connectivity index (χ3v) is 4.10. The molecule has 0 N–H and O–H groups in total. The standard InChI is InChI=1S/C11H5ClF4O2S.C2H6/c1-18-10(17)9-6(12)4-2-3-5(11(14,15)16)7(13)8(4)19-9;1-2/h2-3H,1H3;1-2H3. The molecule has 0 fully saturated rings. The van der Waals surface area contributed by atoms with Crippen molar-refractivity contribution in [3.8, 4) is 0 Å². The Balaban J connectivity index is 0.00000106. The topological polar surface area (TPSA) is 26.3 Å². The van der Waals surface area contributed by atoms with Crippen LogP contribution in [0.25, 0.3) is 10.1 Å². The van der Waals surface area contributed by atoms with Gasteiger partial charge in [-0.2, -0.15) is 13.2 Å². The zero-order valence-corrected chi connectivity index (χ0v) is 12.8. The fourth-order valence-electron chi connectivity index (χ4n) is 1.54. The van der Waals surface area contributed by atoms with Crippen LogP contribution in [0.3, 0.4) is 0 Å². The first-order valence-corrected chi connectivity index (χ1v) is 7.02. The number of benzene rings is 1. The number of ether oxygens (including phenoxy) is 1. The molecule has 8 heteroatoms. The third kappa shape index (κ3) is 3.29. The number of esters is 1. The van der Waals surface area contributed by atoms with E-state index < -0.39 is 23.5 Å². The molecular weight excluding hydrogens is 332 g/mol. The van der Waals surface area contributed by atoms with Crippen molar-refractivity contribution in [2.75, 3.05) is 7.11 Å². The van der Waals surface area contributed by atoms with Gasteiger partial charge in [-0.05, 0) is 6.07 Å². The van der Waals surface area contributed by atoms with E-state index in [2.05, 4.69) is 4.74 Å². The molecule has 1 aromatic heterocycles. The van der Waals surface area contributed by atoms with Crippen molar-refractivity contribution in [1.82, 2.24) is 0 Å². The van der Waals surface area contributed by atoms with Gasteiger partial charge in [0.1, 0.15) is 4.88 Å². The molecule has 0 aliphatic carbocycles. The summed E-state index contributed by atoms with van der Waals surface area (Å²) in [7, 11) is 1.10. The molecule has 0 amide bonds. The summed E-state index contributed by atoms with van der Waals surface area (Å²) in [6.45, 7) is 4.00. The fraction of sp³-hybridized carbons (Fsp3) is 0.308. The van der Waals surface area contributed by atoms with E-state index in [1.54, 1.807) is 0 Å². The number of alkyl halides is 3. The molecule has 0 atom stereocenters. The van der Waals surface area contributed by atoms with Crippen molar-refractivity contribution in [2.45, 2.75) is 20.0 Å². The molecule has 0 saturated heterocycles. The van der Waals surface area contributed by atoms with Crippen LogP contribution in [0.1, 0.15) is 29.1 Å². The maximum Gasteiger partial charge on any atom is 0.419 e. The summed E-state index contributed by atoms with van der Waals surface area (Å²) < 4.78 is 55.6. The van der Waals surface area contributed by atoms with Gasteiger partial charge in [-0.25, -0.2) is 9.18 Å². The second kappa shape index (κ2) is 6.62. The molecule has 1 aromatic carbocycles. The normalized spacial score (nSPS) is 11.0. The molecule has 0 spiro atoms. The Morgan fingerprint density at radius 1 is 1.29 bits per heavy atom. The lowest BCUT2D eigenvalue weighted by Crippen LogP contribution is -2.07. The van der Waals surface area contributed by atoms with Crippen LogP contribution >= 0.6 is 22.9 Å². The first-order chi connectivity index (χ1) is 9.77. The molecule has 1 heterocycles. The van der Waals surface area contributed by atoms with Crippen molar-refractivity contribution >= 4 is 39.0 Å². The zero-order valence-electron chi connectivity index (χ0n) is 11.3. The van der Waals surface area contributed by atoms with Crippen LogP contribution in [-0.4, -0.2) is 13.1 Å². The van der Waals surface area contributed by atoms with Crippen LogP contribution in [0.4, 0.5) is 17.6 Å². The SMILES string of the molecule is CC.COC(=O)c1sc2c(F)c(C(F)(F)F)ccc2c1Cl. The lowest BCUT2D eigenvalue weighted by Gasteiger charge is -2.07. The summed E-state index contributed by atoms with van der Waals surface area (Å²) in [5.41, 5.74) is -1.39. The van der Waals surface area contributed by atoms with Crippen molar-refractivity contribution in [3.63, 3.8) is 0 Å². The average Bonchev–Trinajstić information content (AvgIpc) is 2.78. The summed E-state index contributed by atoms with van der Waals surface area (Å²) in [4.78, 5) is 11.2. The Bertz CT molecular complexity index is 664. The quantitative estimate of drug-likeness (QED) is 0.503. The van der Waals surface area contributed by atoms with Gasteiger partial charge in [-0.15, -0.1) is 11.3 Å². The van der Waals surface area contributed by atoms with E-state index in [1.165, 1.54) is 0 Å². The minimum atomic E-state index is -4.81. The molecule has 0 radical (unpaired) electrons. The number of fused-ring (bicyclic) bond motifs is 1. The van der Waals surface area contributed by atoms with E-state index >= 15 is 0 Å². The van der Waals surface area contributed by atoms with Crippen molar-refractivity contribution in [3.05, 3.63) is 33.4 Å². The number of methoxy groups -OCH3 is 1. The van der Waals surface area contributed by atoms with Crippen LogP contribution in [0.5, 0.6) is 0 Å². The number of hydrogen-bond donors (Lipinski definition) is 0. The van der Waals surface area contributed by atoms with Gasteiger partial charge in [-0.1, -0.05) is 31.5 Å². The minimum absolute atomic E-state index is 0.0533. The van der Waals surface area contributed by atoms with Crippen LogP contribution in [0.15, 0.2) is 12.1 Å². The van der Waals surface area contributed by atoms with E-state index in [0.717, 1.165) is 13.2 Å². The van der Waals surface area contributed by atoms with Crippen molar-refractivity contribution in [2.24, 2.45) is 0 Å². The molecular formula is C13H11ClF4O2S. The highest BCUT2D eigenvalue weighted by Gasteiger charge is 2.35. The Labute approximate surface area is 127 Å². The predicted octanol–water partition coefficient (Wildman–Crippen LogP) is 5.53. The summed E-state index contributed by atoms with van der Waals surface area (Å²) in [5.74, 6) is -2.26. The lowest BCUT2D eigenvalue weighted by atomic mass is 10.1. The largest absolute Gasteiger partial charge is 0.465 e. The van der Waals surface area contributed by atoms with E-state index in [4.69, 9.17) is 11.6 Å². The Morgan fingerprint density at radius 2 is 1.86 bits per heavy atom. The van der Waals surface area contributed by atoms with Gasteiger partial charge in [0.15, 0.2) is 5.82 Å². The summed E-state index contributed by atoms with van der Waals surface area (Å²) in [6, 6.07) is 1.63. The molecule has 2 rings (SSSR count). The third-order valence-electron chi connectivity index (χ3n) is 2.41. The Hall–Kier alpha value is -1.34. The molecule has 0 bridgehead atoms. The molecule has 116 valence electrons. The second-order valence-electron chi connectivity index (χ2n) is 3.54. The van der Waals surface area contributed by atoms with Gasteiger partial charge in [0.05, 0.1) is 22.4 Å². The number of thiophene rings is 1. The van der Waals surface area contributed by atoms with E-state index in [1.807, 2.05) is 13.8 Å². The molecule has 2 nitrogen and oxygen atoms in total. The average molecular weight is 343 g/mol. The van der Waals surface area contributed by atoms with Gasteiger partial charge in [0, 0.05) is 5.39 Å². The highest BCUT2D eigenvalue weighted by atomic mass is 35.5. The van der Waals surface area contributed by atoms with E-state index in [9.17, 15) is 22.4 Å². The zero-order chi connectivity index (χ0) is 16.4. The number of carbonyl (C=O) groups is 1. The monoisotopic (exact) mass is 342 g/mol. The molecule has 0 saturated carbocycles. The number of carbonyl (C=O) groups excluding carboxylic acids is 1. The van der Waals surface area contributed by atoms with Crippen molar-refractivity contribution < 1.29 is 27.1 Å². The van der Waals surface area contributed by atoms with Gasteiger partial charge < -0.3 is 4.74 Å². The summed E-state index contributed by atoms with van der Waals surface area (Å²) in [6.07, 6.45) is -4.81. The van der Waals surface area contributed by atoms with Crippen LogP contribution in [-0.2, 0) is 10.9 Å². The summed E-state index contributed by atoms with van der Waals surface area (Å²) in [5, 5.41) is -0.0583. The smallest absolute Gasteiger partial charge is 0.419 e. The maximum atomic E-state index is 13.8. The highest BCUT2D eigenvalue weighted by molar-refractivity contribution is 7.21. The second-order valence-corrected chi connectivity index (χ2v) is 4.94. The highest BCUT2D eigenvalue weighted by Crippen LogP contribution is 2.41. The predicted molar refractivity (Wildman–Crippen MR) is 74.5 cm³/mol. The molecule has 21 heavy (non-hydrogen) atoms. The number of halogens is 5. The maximum absolute atomic E-state index is 13.8. The number of rotatable bonds is 1. The first-order valence-electron chi connectivity index (χ1n) is 5.83. The first kappa shape index (κ1) is 17.7. The fourth-order valence-corrected chi connectivity index (χ4v) is 3.00. The Morgan fingerprint density at radius 3 is 2.33 bits per heavy atom. The molecule has 0 aliphatic rings. The van der Waals surface area contributed by atoms with Gasteiger partial charge in [-0.3, -0.25) is 0 Å². The van der Waals surface area contributed by atoms with Crippen LogP contribution < -0.4 is 0 Å². The summed E-state index contributed by atoms with van der Waals surface area (Å²) >= 11 is 6.36. The van der Waals surface area contributed by atoms with Gasteiger partial charge >= 0.3 is 12.1 Å². The Kier molecular flexibility index (Phi) is 5.58. The van der Waals surface area contributed by atoms with Gasteiger partial charge in [0.25, 0.3) is 0 Å². The number of hydrogen-bond acceptors (Lipinski definition) is 3. The molecule has 0 aliphatic heterocycles. The minimum Gasteiger partial charge on any atom is -0.465 e. The van der Waals surface area contributed by atoms with Crippen LogP contribution in [0.2, 0.25) is 5.02 Å². The van der Waals surface area contributed by atoms with E-state index in [-0.39, 0.29) is 20.0 Å².